The van der Waals surface area contributed by atoms with Gasteiger partial charge in [-0.1, -0.05) is 0 Å². The summed E-state index contributed by atoms with van der Waals surface area (Å²) in [5.74, 6) is 0.552. The van der Waals surface area contributed by atoms with Gasteiger partial charge in [-0.05, 0) is 55.9 Å². The van der Waals surface area contributed by atoms with Gasteiger partial charge in [0, 0.05) is 18.5 Å². The average Bonchev–Trinajstić information content (AvgIpc) is 3.14. The molecule has 10 heteroatoms. The molecule has 4 rings (SSSR count). The van der Waals surface area contributed by atoms with Gasteiger partial charge < -0.3 is 14.6 Å². The van der Waals surface area contributed by atoms with Crippen LogP contribution in [0.3, 0.4) is 0 Å². The number of hydrogen-bond acceptors (Lipinski definition) is 8. The smallest absolute Gasteiger partial charge is 0.288 e. The zero-order chi connectivity index (χ0) is 22.9. The Balaban J connectivity index is 1.63. The molecule has 2 heterocycles. The molecule has 0 unspecified atom stereocenters. The van der Waals surface area contributed by atoms with E-state index in [1.54, 1.807) is 44.3 Å². The lowest BCUT2D eigenvalue weighted by molar-refractivity contribution is 0.0276. The van der Waals surface area contributed by atoms with Crippen LogP contribution < -0.4 is 15.0 Å². The molecule has 0 amide bonds. The number of aromatic nitrogens is 3. The minimum atomic E-state index is -0.996. The van der Waals surface area contributed by atoms with E-state index in [4.69, 9.17) is 9.47 Å². The first-order valence-electron chi connectivity index (χ1n) is 9.59. The van der Waals surface area contributed by atoms with Gasteiger partial charge in [-0.25, -0.2) is 14.4 Å². The van der Waals surface area contributed by atoms with Gasteiger partial charge in [0.1, 0.15) is 12.4 Å². The van der Waals surface area contributed by atoms with Crippen LogP contribution in [0.5, 0.6) is 11.5 Å². The van der Waals surface area contributed by atoms with Crippen LogP contribution in [0.15, 0.2) is 63.0 Å². The summed E-state index contributed by atoms with van der Waals surface area (Å²) < 4.78 is 27.2. The maximum atomic E-state index is 13.4. The van der Waals surface area contributed by atoms with Crippen molar-refractivity contribution in [2.45, 2.75) is 28.8 Å². The van der Waals surface area contributed by atoms with Crippen molar-refractivity contribution in [3.63, 3.8) is 0 Å². The maximum Gasteiger partial charge on any atom is 0.288 e. The number of benzene rings is 2. The second-order valence-corrected chi connectivity index (χ2v) is 9.80. The normalized spacial score (nSPS) is 11.7. The Hall–Kier alpha value is -2.95. The summed E-state index contributed by atoms with van der Waals surface area (Å²) in [6.07, 6.45) is 3.09. The van der Waals surface area contributed by atoms with Crippen LogP contribution in [0.25, 0.3) is 15.9 Å². The predicted octanol–water partition coefficient (Wildman–Crippen LogP) is 4.29. The lowest BCUT2D eigenvalue weighted by Gasteiger charge is -2.19. The van der Waals surface area contributed by atoms with Crippen molar-refractivity contribution in [1.82, 2.24) is 14.5 Å². The average molecular weight is 474 g/mol. The Labute approximate surface area is 191 Å². The molecule has 0 saturated heterocycles. The third-order valence-corrected chi connectivity index (χ3v) is 6.38. The van der Waals surface area contributed by atoms with Crippen molar-refractivity contribution in [1.29, 1.82) is 0 Å². The minimum absolute atomic E-state index is 0.0881. The lowest BCUT2D eigenvalue weighted by Crippen LogP contribution is -2.28. The number of ether oxygens (including phenoxy) is 2. The summed E-state index contributed by atoms with van der Waals surface area (Å²) in [4.78, 5) is 21.7. The second-order valence-electron chi connectivity index (χ2n) is 7.54. The second kappa shape index (κ2) is 8.89. The zero-order valence-electron chi connectivity index (χ0n) is 17.5. The summed E-state index contributed by atoms with van der Waals surface area (Å²) in [5, 5.41) is 10.1. The Bertz CT molecular complexity index is 1330. The van der Waals surface area contributed by atoms with Crippen molar-refractivity contribution in [2.24, 2.45) is 0 Å². The van der Waals surface area contributed by atoms with Gasteiger partial charge in [0.15, 0.2) is 20.9 Å². The molecule has 0 atom stereocenters. The third-order valence-electron chi connectivity index (χ3n) is 4.33. The maximum absolute atomic E-state index is 13.4. The van der Waals surface area contributed by atoms with E-state index in [-0.39, 0.29) is 23.0 Å². The molecule has 1 N–H and O–H groups in total. The van der Waals surface area contributed by atoms with Crippen LogP contribution in [-0.2, 0) is 0 Å². The summed E-state index contributed by atoms with van der Waals surface area (Å²) >= 11 is 2.43. The first-order valence-corrected chi connectivity index (χ1v) is 11.2. The van der Waals surface area contributed by atoms with Gasteiger partial charge in [-0.3, -0.25) is 9.36 Å². The number of hydrogen-bond donors (Lipinski definition) is 1. The Kier molecular flexibility index (Phi) is 6.18. The van der Waals surface area contributed by atoms with Crippen molar-refractivity contribution < 1.29 is 19.0 Å². The molecule has 4 aromatic rings. The van der Waals surface area contributed by atoms with Crippen LogP contribution in [0.1, 0.15) is 13.8 Å². The van der Waals surface area contributed by atoms with E-state index in [0.29, 0.717) is 31.7 Å². The molecule has 0 aliphatic rings. The monoisotopic (exact) mass is 473 g/mol. The Morgan fingerprint density at radius 3 is 2.78 bits per heavy atom. The number of rotatable bonds is 7. The van der Waals surface area contributed by atoms with E-state index in [1.807, 2.05) is 0 Å². The minimum Gasteiger partial charge on any atom is -0.493 e. The van der Waals surface area contributed by atoms with E-state index in [0.717, 1.165) is 11.8 Å². The molecule has 2 aromatic carbocycles. The van der Waals surface area contributed by atoms with Crippen molar-refractivity contribution >= 4 is 33.3 Å². The fraction of sp³-hybridized carbons (Fsp3) is 0.227. The highest BCUT2D eigenvalue weighted by Gasteiger charge is 2.17. The summed E-state index contributed by atoms with van der Waals surface area (Å²) in [5.41, 5.74) is -0.0840. The van der Waals surface area contributed by atoms with Gasteiger partial charge in [-0.15, -0.1) is 11.3 Å². The first kappa shape index (κ1) is 22.3. The molecule has 7 nitrogen and oxygen atoms in total. The highest BCUT2D eigenvalue weighted by Crippen LogP contribution is 2.33. The molecule has 0 saturated carbocycles. The lowest BCUT2D eigenvalue weighted by atomic mass is 10.2. The molecule has 0 aliphatic heterocycles. The number of aliphatic hydroxyl groups is 1. The Morgan fingerprint density at radius 2 is 2.03 bits per heavy atom. The van der Waals surface area contributed by atoms with Crippen molar-refractivity contribution in [3.05, 3.63) is 65.0 Å². The standard InChI is InChI=1S/C22H20FN3O4S2/c1-22(2,28)12-30-16-7-5-14(11-17(16)29-3)26-9-8-24-19(20(26)27)32-21-25-15-6-4-13(23)10-18(15)31-21/h4-11,28H,12H2,1-3H3. The third kappa shape index (κ3) is 4.93. The molecule has 32 heavy (non-hydrogen) atoms. The zero-order valence-corrected chi connectivity index (χ0v) is 19.2. The SMILES string of the molecule is COc1cc(-n2ccnc(Sc3nc4ccc(F)cc4s3)c2=O)ccc1OCC(C)(C)O. The molecule has 0 spiro atoms. The van der Waals surface area contributed by atoms with Crippen molar-refractivity contribution in [2.75, 3.05) is 13.7 Å². The largest absolute Gasteiger partial charge is 0.493 e. The molecule has 0 radical (unpaired) electrons. The topological polar surface area (TPSA) is 86.5 Å². The van der Waals surface area contributed by atoms with Gasteiger partial charge in [0.05, 0.1) is 28.6 Å². The van der Waals surface area contributed by atoms with Crippen LogP contribution in [0.4, 0.5) is 4.39 Å². The van der Waals surface area contributed by atoms with Crippen LogP contribution in [-0.4, -0.2) is 39.0 Å². The number of nitrogens with zero attached hydrogens (tertiary/aromatic N) is 3. The van der Waals surface area contributed by atoms with E-state index in [2.05, 4.69) is 9.97 Å². The number of thiazole rings is 1. The number of halogens is 1. The highest BCUT2D eigenvalue weighted by molar-refractivity contribution is 8.01. The molecular formula is C22H20FN3O4S2. The fourth-order valence-electron chi connectivity index (χ4n) is 2.85. The first-order chi connectivity index (χ1) is 15.2. The van der Waals surface area contributed by atoms with E-state index in [9.17, 15) is 14.3 Å². The summed E-state index contributed by atoms with van der Waals surface area (Å²) in [6, 6.07) is 9.46. The number of fused-ring (bicyclic) bond motifs is 1. The molecule has 0 aliphatic carbocycles. The molecular weight excluding hydrogens is 453 g/mol. The summed E-state index contributed by atoms with van der Waals surface area (Å²) in [6.45, 7) is 3.38. The summed E-state index contributed by atoms with van der Waals surface area (Å²) in [7, 11) is 1.50. The quantitative estimate of drug-likeness (QED) is 0.428. The van der Waals surface area contributed by atoms with E-state index in [1.165, 1.54) is 41.3 Å². The molecule has 166 valence electrons. The van der Waals surface area contributed by atoms with Gasteiger partial charge >= 0.3 is 0 Å². The van der Waals surface area contributed by atoms with Gasteiger partial charge in [0.2, 0.25) is 0 Å². The van der Waals surface area contributed by atoms with Gasteiger partial charge in [-0.2, -0.15) is 0 Å². The molecule has 2 aromatic heterocycles. The Morgan fingerprint density at radius 1 is 1.22 bits per heavy atom. The highest BCUT2D eigenvalue weighted by atomic mass is 32.2. The van der Waals surface area contributed by atoms with Crippen molar-refractivity contribution in [3.8, 4) is 17.2 Å². The van der Waals surface area contributed by atoms with Crippen LogP contribution >= 0.6 is 23.1 Å². The molecule has 0 bridgehead atoms. The predicted molar refractivity (Wildman–Crippen MR) is 122 cm³/mol. The van der Waals surface area contributed by atoms with Gasteiger partial charge in [0.25, 0.3) is 5.56 Å². The van der Waals surface area contributed by atoms with E-state index >= 15 is 0 Å². The van der Waals surface area contributed by atoms with E-state index < -0.39 is 5.60 Å². The van der Waals surface area contributed by atoms with Crippen LogP contribution in [0.2, 0.25) is 0 Å². The number of methoxy groups -OCH3 is 1. The van der Waals surface area contributed by atoms with Crippen LogP contribution in [0, 0.1) is 5.82 Å². The fourth-order valence-corrected chi connectivity index (χ4v) is 4.85. The molecule has 0 fully saturated rings.